The first kappa shape index (κ1) is 15.1. The van der Waals surface area contributed by atoms with Gasteiger partial charge in [-0.05, 0) is 31.1 Å². The van der Waals surface area contributed by atoms with E-state index in [1.165, 1.54) is 6.42 Å². The number of hydrogen-bond acceptors (Lipinski definition) is 2. The van der Waals surface area contributed by atoms with Crippen molar-refractivity contribution in [2.75, 3.05) is 0 Å². The van der Waals surface area contributed by atoms with Gasteiger partial charge >= 0.3 is 0 Å². The second-order valence-electron chi connectivity index (χ2n) is 3.89. The summed E-state index contributed by atoms with van der Waals surface area (Å²) in [4.78, 5) is 4.23. The number of para-hydroxylation sites is 1. The maximum atomic E-state index is 8.86. The average molecular weight is 228 g/mol. The summed E-state index contributed by atoms with van der Waals surface area (Å²) in [6.07, 6.45) is 2.92. The van der Waals surface area contributed by atoms with Gasteiger partial charge in [-0.15, -0.1) is 0 Å². The van der Waals surface area contributed by atoms with E-state index in [9.17, 15) is 0 Å². The summed E-state index contributed by atoms with van der Waals surface area (Å²) in [6.45, 7) is 11.8. The lowest BCUT2D eigenvalue weighted by molar-refractivity contribution is 1.09. The molecule has 0 aliphatic rings. The molecular weight excluding hydrogens is 208 g/mol. The lowest BCUT2D eigenvalue weighted by atomic mass is 10.1. The molecule has 0 N–H and O–H groups in total. The Morgan fingerprint density at radius 3 is 2.53 bits per heavy atom. The van der Waals surface area contributed by atoms with Gasteiger partial charge in [0.25, 0.3) is 0 Å². The van der Waals surface area contributed by atoms with Crippen LogP contribution in [0.15, 0.2) is 35.3 Å². The molecule has 1 rings (SSSR count). The minimum Gasteiger partial charge on any atom is -0.255 e. The van der Waals surface area contributed by atoms with Gasteiger partial charge in [0.15, 0.2) is 0 Å². The van der Waals surface area contributed by atoms with Gasteiger partial charge in [-0.1, -0.05) is 39.0 Å². The fraction of sp³-hybridized carbons (Fsp3) is 0.333. The summed E-state index contributed by atoms with van der Waals surface area (Å²) in [5.41, 5.74) is 3.21. The Kier molecular flexibility index (Phi) is 7.38. The Hall–Kier alpha value is -1.88. The second kappa shape index (κ2) is 8.29. The quantitative estimate of drug-likeness (QED) is 0.683. The summed E-state index contributed by atoms with van der Waals surface area (Å²) >= 11 is 0. The molecule has 0 radical (unpaired) electrons. The molecule has 0 aliphatic carbocycles. The molecule has 0 saturated heterocycles. The summed E-state index contributed by atoms with van der Waals surface area (Å²) in [7, 11) is 0. The summed E-state index contributed by atoms with van der Waals surface area (Å²) in [6, 6.07) is 7.67. The van der Waals surface area contributed by atoms with Gasteiger partial charge in [-0.2, -0.15) is 5.26 Å². The van der Waals surface area contributed by atoms with Crippen molar-refractivity contribution in [1.29, 1.82) is 5.26 Å². The number of allylic oxidation sites excluding steroid dienone is 1. The molecule has 0 saturated carbocycles. The lowest BCUT2D eigenvalue weighted by Crippen LogP contribution is -1.82. The third-order valence-corrected chi connectivity index (χ3v) is 1.77. The molecule has 0 amide bonds. The average Bonchev–Trinajstić information content (AvgIpc) is 2.28. The van der Waals surface area contributed by atoms with Crippen molar-refractivity contribution in [2.45, 2.75) is 34.1 Å². The predicted molar refractivity (Wildman–Crippen MR) is 74.8 cm³/mol. The van der Waals surface area contributed by atoms with Crippen LogP contribution >= 0.6 is 0 Å². The molecule has 0 heterocycles. The monoisotopic (exact) mass is 228 g/mol. The molecule has 0 aliphatic heterocycles. The van der Waals surface area contributed by atoms with Crippen molar-refractivity contribution in [2.24, 2.45) is 4.99 Å². The molecular formula is C15H20N2. The van der Waals surface area contributed by atoms with E-state index in [1.54, 1.807) is 12.3 Å². The zero-order chi connectivity index (χ0) is 13.3. The molecule has 0 aromatic heterocycles. The molecule has 0 bridgehead atoms. The van der Waals surface area contributed by atoms with Crippen LogP contribution in [-0.2, 0) is 0 Å². The number of nitriles is 1. The van der Waals surface area contributed by atoms with Crippen LogP contribution in [0.3, 0.4) is 0 Å². The number of hydrogen-bond donors (Lipinski definition) is 0. The van der Waals surface area contributed by atoms with Gasteiger partial charge in [0.1, 0.15) is 6.07 Å². The van der Waals surface area contributed by atoms with Crippen molar-refractivity contribution in [1.82, 2.24) is 0 Å². The SMILES string of the molecule is C=C(C)C=Nc1c(C)cccc1C#N.CCC. The third kappa shape index (κ3) is 5.67. The largest absolute Gasteiger partial charge is 0.255 e. The smallest absolute Gasteiger partial charge is 0.101 e. The Labute approximate surface area is 104 Å². The first-order valence-electron chi connectivity index (χ1n) is 5.76. The molecule has 17 heavy (non-hydrogen) atoms. The first-order valence-corrected chi connectivity index (χ1v) is 5.76. The standard InChI is InChI=1S/C12H12N2.C3H8/c1-9(2)8-14-12-10(3)5-4-6-11(12)7-13;1-3-2/h4-6,8H,1H2,2-3H3;3H2,1-2H3. The van der Waals surface area contributed by atoms with E-state index < -0.39 is 0 Å². The number of rotatable bonds is 2. The molecule has 90 valence electrons. The van der Waals surface area contributed by atoms with Crippen molar-refractivity contribution in [3.8, 4) is 6.07 Å². The van der Waals surface area contributed by atoms with Crippen LogP contribution in [0.5, 0.6) is 0 Å². The van der Waals surface area contributed by atoms with Gasteiger partial charge in [0, 0.05) is 6.21 Å². The van der Waals surface area contributed by atoms with Gasteiger partial charge in [-0.3, -0.25) is 4.99 Å². The van der Waals surface area contributed by atoms with Crippen LogP contribution in [0.25, 0.3) is 0 Å². The van der Waals surface area contributed by atoms with E-state index in [0.29, 0.717) is 5.56 Å². The summed E-state index contributed by atoms with van der Waals surface area (Å²) < 4.78 is 0. The minimum atomic E-state index is 0.600. The van der Waals surface area contributed by atoms with E-state index >= 15 is 0 Å². The highest BCUT2D eigenvalue weighted by Crippen LogP contribution is 2.22. The summed E-state index contributed by atoms with van der Waals surface area (Å²) in [5, 5.41) is 8.86. The minimum absolute atomic E-state index is 0.600. The van der Waals surface area contributed by atoms with E-state index in [1.807, 2.05) is 26.0 Å². The van der Waals surface area contributed by atoms with Crippen LogP contribution < -0.4 is 0 Å². The Balaban J connectivity index is 0.000000770. The maximum absolute atomic E-state index is 8.86. The molecule has 1 aromatic carbocycles. The first-order chi connectivity index (χ1) is 8.06. The molecule has 0 fully saturated rings. The Morgan fingerprint density at radius 1 is 1.47 bits per heavy atom. The highest BCUT2D eigenvalue weighted by atomic mass is 14.7. The van der Waals surface area contributed by atoms with Crippen molar-refractivity contribution < 1.29 is 0 Å². The van der Waals surface area contributed by atoms with Crippen LogP contribution in [0, 0.1) is 18.3 Å². The van der Waals surface area contributed by atoms with E-state index in [2.05, 4.69) is 31.5 Å². The number of aryl methyl sites for hydroxylation is 1. The van der Waals surface area contributed by atoms with Crippen molar-refractivity contribution in [3.05, 3.63) is 41.5 Å². The fourth-order valence-electron chi connectivity index (χ4n) is 1.10. The van der Waals surface area contributed by atoms with Crippen molar-refractivity contribution in [3.63, 3.8) is 0 Å². The van der Waals surface area contributed by atoms with Gasteiger partial charge < -0.3 is 0 Å². The highest BCUT2D eigenvalue weighted by molar-refractivity contribution is 5.81. The molecule has 0 atom stereocenters. The van der Waals surface area contributed by atoms with Crippen LogP contribution in [-0.4, -0.2) is 6.21 Å². The second-order valence-corrected chi connectivity index (χ2v) is 3.89. The van der Waals surface area contributed by atoms with Crippen LogP contribution in [0.4, 0.5) is 5.69 Å². The molecule has 1 aromatic rings. The molecule has 2 nitrogen and oxygen atoms in total. The Morgan fingerprint density at radius 2 is 2.06 bits per heavy atom. The van der Waals surface area contributed by atoms with Gasteiger partial charge in [0.05, 0.1) is 11.3 Å². The zero-order valence-corrected chi connectivity index (χ0v) is 11.1. The molecule has 0 unspecified atom stereocenters. The summed E-state index contributed by atoms with van der Waals surface area (Å²) in [5.74, 6) is 0. The number of benzene rings is 1. The van der Waals surface area contributed by atoms with Crippen molar-refractivity contribution >= 4 is 11.9 Å². The molecule has 0 spiro atoms. The highest BCUT2D eigenvalue weighted by Gasteiger charge is 2.01. The predicted octanol–water partition coefficient (Wildman–Crippen LogP) is 4.56. The molecule has 2 heteroatoms. The van der Waals surface area contributed by atoms with E-state index in [-0.39, 0.29) is 0 Å². The third-order valence-electron chi connectivity index (χ3n) is 1.77. The lowest BCUT2D eigenvalue weighted by Gasteiger charge is -2.01. The van der Waals surface area contributed by atoms with Gasteiger partial charge in [-0.25, -0.2) is 0 Å². The Bertz CT molecular complexity index is 437. The topological polar surface area (TPSA) is 36.1 Å². The number of nitrogens with zero attached hydrogens (tertiary/aromatic N) is 2. The van der Waals surface area contributed by atoms with Gasteiger partial charge in [0.2, 0.25) is 0 Å². The van der Waals surface area contributed by atoms with E-state index in [4.69, 9.17) is 5.26 Å². The van der Waals surface area contributed by atoms with Crippen LogP contribution in [0.1, 0.15) is 38.3 Å². The normalized spacial score (nSPS) is 9.35. The van der Waals surface area contributed by atoms with Crippen LogP contribution in [0.2, 0.25) is 0 Å². The zero-order valence-electron chi connectivity index (χ0n) is 11.1. The number of aliphatic imine (C=N–C) groups is 1. The maximum Gasteiger partial charge on any atom is 0.101 e. The van der Waals surface area contributed by atoms with E-state index in [0.717, 1.165) is 16.8 Å². The fourth-order valence-corrected chi connectivity index (χ4v) is 1.10.